The Bertz CT molecular complexity index is 887. The zero-order valence-corrected chi connectivity index (χ0v) is 16.1. The van der Waals surface area contributed by atoms with Gasteiger partial charge in [-0.25, -0.2) is 0 Å². The minimum atomic E-state index is -0.416. The maximum atomic E-state index is 12.8. The zero-order valence-electron chi connectivity index (χ0n) is 15.2. The van der Waals surface area contributed by atoms with Crippen LogP contribution in [0.3, 0.4) is 0 Å². The number of carbonyl (C=O) groups is 1. The van der Waals surface area contributed by atoms with Crippen LogP contribution in [0.1, 0.15) is 21.9 Å². The molecule has 3 rings (SSSR count). The predicted molar refractivity (Wildman–Crippen MR) is 102 cm³/mol. The van der Waals surface area contributed by atoms with E-state index in [-0.39, 0.29) is 5.91 Å². The Morgan fingerprint density at radius 2 is 1.69 bits per heavy atom. The number of amides is 1. The number of para-hydroxylation sites is 1. The molecule has 1 unspecified atom stereocenters. The average Bonchev–Trinajstić information content (AvgIpc) is 3.07. The summed E-state index contributed by atoms with van der Waals surface area (Å²) in [5.74, 6) is -0.00254. The summed E-state index contributed by atoms with van der Waals surface area (Å²) in [6, 6.07) is 15.8. The molecule has 0 N–H and O–H groups in total. The number of benzene rings is 2. The molecule has 1 heterocycles. The minimum absolute atomic E-state index is 0.00254. The van der Waals surface area contributed by atoms with Gasteiger partial charge in [0.2, 0.25) is 11.1 Å². The summed E-state index contributed by atoms with van der Waals surface area (Å²) in [6.45, 7) is 4.05. The third-order valence-electron chi connectivity index (χ3n) is 4.08. The predicted octanol–water partition coefficient (Wildman–Crippen LogP) is 3.20. The fourth-order valence-corrected chi connectivity index (χ4v) is 3.89. The summed E-state index contributed by atoms with van der Waals surface area (Å²) in [5.41, 5.74) is 4.03. The van der Waals surface area contributed by atoms with Gasteiger partial charge in [-0.2, -0.15) is 4.68 Å². The lowest BCUT2D eigenvalue weighted by Gasteiger charge is -2.20. The number of hydrogen-bond donors (Lipinski definition) is 0. The smallest absolute Gasteiger partial charge is 0.240 e. The lowest BCUT2D eigenvalue weighted by molar-refractivity contribution is -0.128. The molecule has 0 saturated heterocycles. The van der Waals surface area contributed by atoms with Crippen molar-refractivity contribution < 1.29 is 4.79 Å². The standard InChI is InChI=1S/C19H21N5OS/c1-13-9-8-10-14(2)16(13)24-19(20-21-22-24)26-17(18(25)23(3)4)15-11-6-5-7-12-15/h5-12,17H,1-4H3. The molecule has 1 atom stereocenters. The van der Waals surface area contributed by atoms with Crippen molar-refractivity contribution in [2.24, 2.45) is 0 Å². The number of tetrazole rings is 1. The maximum absolute atomic E-state index is 12.8. The number of hydrogen-bond acceptors (Lipinski definition) is 5. The van der Waals surface area contributed by atoms with E-state index >= 15 is 0 Å². The highest BCUT2D eigenvalue weighted by Gasteiger charge is 2.27. The Balaban J connectivity index is 2.02. The Morgan fingerprint density at radius 1 is 1.04 bits per heavy atom. The van der Waals surface area contributed by atoms with Gasteiger partial charge < -0.3 is 4.90 Å². The third kappa shape index (κ3) is 3.62. The van der Waals surface area contributed by atoms with Gasteiger partial charge in [0.15, 0.2) is 0 Å². The van der Waals surface area contributed by atoms with E-state index in [2.05, 4.69) is 15.5 Å². The molecule has 0 fully saturated rings. The number of carbonyl (C=O) groups excluding carboxylic acids is 1. The van der Waals surface area contributed by atoms with Gasteiger partial charge >= 0.3 is 0 Å². The number of nitrogens with zero attached hydrogens (tertiary/aromatic N) is 5. The first-order valence-electron chi connectivity index (χ1n) is 8.26. The second kappa shape index (κ2) is 7.70. The van der Waals surface area contributed by atoms with E-state index in [0.717, 1.165) is 22.4 Å². The quantitative estimate of drug-likeness (QED) is 0.648. The molecule has 0 aliphatic rings. The number of thioether (sulfide) groups is 1. The van der Waals surface area contributed by atoms with Crippen molar-refractivity contribution in [3.63, 3.8) is 0 Å². The molecule has 0 aliphatic carbocycles. The topological polar surface area (TPSA) is 63.9 Å². The van der Waals surface area contributed by atoms with Crippen molar-refractivity contribution in [2.75, 3.05) is 14.1 Å². The van der Waals surface area contributed by atoms with Gasteiger partial charge in [0, 0.05) is 14.1 Å². The molecule has 134 valence electrons. The number of aromatic nitrogens is 4. The van der Waals surface area contributed by atoms with Crippen LogP contribution in [-0.2, 0) is 4.79 Å². The summed E-state index contributed by atoms with van der Waals surface area (Å²) in [7, 11) is 3.51. The van der Waals surface area contributed by atoms with E-state index in [0.29, 0.717) is 5.16 Å². The molecule has 0 spiro atoms. The van der Waals surface area contributed by atoms with Gasteiger partial charge in [0.25, 0.3) is 0 Å². The van der Waals surface area contributed by atoms with E-state index in [1.165, 1.54) is 11.8 Å². The van der Waals surface area contributed by atoms with E-state index in [4.69, 9.17) is 0 Å². The van der Waals surface area contributed by atoms with E-state index in [1.54, 1.807) is 23.7 Å². The first-order chi connectivity index (χ1) is 12.5. The van der Waals surface area contributed by atoms with Crippen LogP contribution < -0.4 is 0 Å². The normalized spacial score (nSPS) is 12.0. The van der Waals surface area contributed by atoms with Crippen molar-refractivity contribution in [3.05, 3.63) is 65.2 Å². The van der Waals surface area contributed by atoms with Crippen LogP contribution in [0.4, 0.5) is 0 Å². The highest BCUT2D eigenvalue weighted by atomic mass is 32.2. The molecule has 1 aromatic heterocycles. The molecule has 0 bridgehead atoms. The molecule has 0 aliphatic heterocycles. The van der Waals surface area contributed by atoms with Gasteiger partial charge in [-0.1, -0.05) is 60.3 Å². The second-order valence-corrected chi connectivity index (χ2v) is 7.33. The Morgan fingerprint density at radius 3 is 2.31 bits per heavy atom. The lowest BCUT2D eigenvalue weighted by atomic mass is 10.1. The van der Waals surface area contributed by atoms with Crippen molar-refractivity contribution in [1.29, 1.82) is 0 Å². The van der Waals surface area contributed by atoms with Crippen LogP contribution in [0.5, 0.6) is 0 Å². The minimum Gasteiger partial charge on any atom is -0.348 e. The molecule has 2 aromatic carbocycles. The van der Waals surface area contributed by atoms with Gasteiger partial charge in [0.1, 0.15) is 5.25 Å². The molecular formula is C19H21N5OS. The van der Waals surface area contributed by atoms with Gasteiger partial charge in [-0.05, 0) is 41.0 Å². The summed E-state index contributed by atoms with van der Waals surface area (Å²) in [6.07, 6.45) is 0. The zero-order chi connectivity index (χ0) is 18.7. The number of likely N-dealkylation sites (N-methyl/N-ethyl adjacent to an activating group) is 1. The van der Waals surface area contributed by atoms with E-state index < -0.39 is 5.25 Å². The Hall–Kier alpha value is -2.67. The van der Waals surface area contributed by atoms with Gasteiger partial charge in [0.05, 0.1) is 5.69 Å². The highest BCUT2D eigenvalue weighted by Crippen LogP contribution is 2.36. The Labute approximate surface area is 157 Å². The van der Waals surface area contributed by atoms with Crippen molar-refractivity contribution >= 4 is 17.7 Å². The largest absolute Gasteiger partial charge is 0.348 e. The van der Waals surface area contributed by atoms with Gasteiger partial charge in [-0.3, -0.25) is 4.79 Å². The summed E-state index contributed by atoms with van der Waals surface area (Å²) in [4.78, 5) is 14.4. The fraction of sp³-hybridized carbons (Fsp3) is 0.263. The maximum Gasteiger partial charge on any atom is 0.240 e. The second-order valence-electron chi connectivity index (χ2n) is 6.25. The molecule has 3 aromatic rings. The van der Waals surface area contributed by atoms with Crippen LogP contribution in [0.2, 0.25) is 0 Å². The van der Waals surface area contributed by atoms with Crippen LogP contribution in [0.15, 0.2) is 53.7 Å². The van der Waals surface area contributed by atoms with Crippen molar-refractivity contribution in [3.8, 4) is 5.69 Å². The molecule has 0 saturated carbocycles. The average molecular weight is 367 g/mol. The summed E-state index contributed by atoms with van der Waals surface area (Å²) < 4.78 is 1.72. The SMILES string of the molecule is Cc1cccc(C)c1-n1nnnc1SC(C(=O)N(C)C)c1ccccc1. The molecule has 26 heavy (non-hydrogen) atoms. The first-order valence-corrected chi connectivity index (χ1v) is 9.14. The summed E-state index contributed by atoms with van der Waals surface area (Å²) in [5, 5.41) is 12.4. The molecule has 6 nitrogen and oxygen atoms in total. The number of rotatable bonds is 5. The van der Waals surface area contributed by atoms with Gasteiger partial charge in [-0.15, -0.1) is 5.10 Å². The molecular weight excluding hydrogens is 346 g/mol. The molecule has 1 amide bonds. The van der Waals surface area contributed by atoms with E-state index in [9.17, 15) is 4.79 Å². The fourth-order valence-electron chi connectivity index (χ4n) is 2.76. The molecule has 0 radical (unpaired) electrons. The van der Waals surface area contributed by atoms with Crippen molar-refractivity contribution in [2.45, 2.75) is 24.3 Å². The van der Waals surface area contributed by atoms with Crippen LogP contribution >= 0.6 is 11.8 Å². The highest BCUT2D eigenvalue weighted by molar-refractivity contribution is 8.00. The monoisotopic (exact) mass is 367 g/mol. The Kier molecular flexibility index (Phi) is 5.37. The van der Waals surface area contributed by atoms with Crippen molar-refractivity contribution in [1.82, 2.24) is 25.1 Å². The third-order valence-corrected chi connectivity index (χ3v) is 5.26. The summed E-state index contributed by atoms with van der Waals surface area (Å²) >= 11 is 1.36. The van der Waals surface area contributed by atoms with E-state index in [1.807, 2.05) is 62.4 Å². The number of aryl methyl sites for hydroxylation is 2. The first kappa shape index (κ1) is 18.1. The van der Waals surface area contributed by atoms with Crippen LogP contribution in [0, 0.1) is 13.8 Å². The van der Waals surface area contributed by atoms with Crippen LogP contribution in [-0.4, -0.2) is 45.1 Å². The lowest BCUT2D eigenvalue weighted by Crippen LogP contribution is -2.27. The molecule has 7 heteroatoms. The van der Waals surface area contributed by atoms with Crippen LogP contribution in [0.25, 0.3) is 5.69 Å².